The van der Waals surface area contributed by atoms with Crippen molar-refractivity contribution < 1.29 is 23.9 Å². The fourth-order valence-corrected chi connectivity index (χ4v) is 1.70. The van der Waals surface area contributed by atoms with E-state index in [2.05, 4.69) is 20.7 Å². The van der Waals surface area contributed by atoms with Crippen molar-refractivity contribution in [2.75, 3.05) is 18.5 Å². The fourth-order valence-electron chi connectivity index (χ4n) is 1.51. The Morgan fingerprint density at radius 2 is 2.00 bits per heavy atom. The maximum Gasteiger partial charge on any atom is 0.330 e. The number of ether oxygens (including phenoxy) is 2. The van der Waals surface area contributed by atoms with Gasteiger partial charge in [0.25, 0.3) is 0 Å². The van der Waals surface area contributed by atoms with Gasteiger partial charge >= 0.3 is 5.97 Å². The van der Waals surface area contributed by atoms with Gasteiger partial charge in [0.05, 0.1) is 19.3 Å². The Labute approximate surface area is 147 Å². The van der Waals surface area contributed by atoms with Crippen LogP contribution >= 0.6 is 15.9 Å². The van der Waals surface area contributed by atoms with Crippen molar-refractivity contribution in [3.63, 3.8) is 0 Å². The minimum absolute atomic E-state index is 0.0671. The summed E-state index contributed by atoms with van der Waals surface area (Å²) < 4.78 is 9.86. The molecule has 132 valence electrons. The van der Waals surface area contributed by atoms with Gasteiger partial charge in [-0.3, -0.25) is 4.79 Å². The lowest BCUT2D eigenvalue weighted by atomic mass is 10.1. The van der Waals surface area contributed by atoms with Crippen LogP contribution in [0.15, 0.2) is 23.8 Å². The largest absolute Gasteiger partial charge is 0.463 e. The number of Topliss-reactive ketones (excluding diaryl/α,β-unsaturated/α-hetero) is 1. The van der Waals surface area contributed by atoms with Crippen LogP contribution in [0, 0.1) is 0 Å². The van der Waals surface area contributed by atoms with Crippen LogP contribution in [0.2, 0.25) is 0 Å². The van der Waals surface area contributed by atoms with E-state index in [0.717, 1.165) is 18.3 Å². The monoisotopic (exact) mass is 390 g/mol. The van der Waals surface area contributed by atoms with Crippen LogP contribution in [0.25, 0.3) is 0 Å². The van der Waals surface area contributed by atoms with Crippen molar-refractivity contribution in [1.29, 1.82) is 0 Å². The average molecular weight is 391 g/mol. The first-order valence-electron chi connectivity index (χ1n) is 7.63. The van der Waals surface area contributed by atoms with Crippen molar-refractivity contribution in [2.24, 2.45) is 0 Å². The Bertz CT molecular complexity index is 402. The van der Waals surface area contributed by atoms with Gasteiger partial charge in [0, 0.05) is 23.4 Å². The van der Waals surface area contributed by atoms with E-state index >= 15 is 0 Å². The molecule has 1 unspecified atom stereocenters. The van der Waals surface area contributed by atoms with Gasteiger partial charge in [0.2, 0.25) is 0 Å². The van der Waals surface area contributed by atoms with Gasteiger partial charge in [-0.25, -0.2) is 4.79 Å². The summed E-state index contributed by atoms with van der Waals surface area (Å²) >= 11 is 3.13. The van der Waals surface area contributed by atoms with Crippen LogP contribution in [0.3, 0.4) is 0 Å². The number of allylic oxidation sites excluding steroid dienone is 1. The summed E-state index contributed by atoms with van der Waals surface area (Å²) in [6.45, 7) is 8.24. The van der Waals surface area contributed by atoms with Crippen molar-refractivity contribution >= 4 is 34.0 Å². The quantitative estimate of drug-likeness (QED) is 0.300. The molecule has 0 amide bonds. The third-order valence-corrected chi connectivity index (χ3v) is 2.89. The Morgan fingerprint density at radius 1 is 1.39 bits per heavy atom. The van der Waals surface area contributed by atoms with Gasteiger partial charge in [-0.05, 0) is 26.3 Å². The van der Waals surface area contributed by atoms with Crippen LogP contribution in [0.4, 0.5) is 0 Å². The number of alkyl halides is 1. The summed E-state index contributed by atoms with van der Waals surface area (Å²) in [6, 6.07) is 0. The first-order chi connectivity index (χ1) is 11.0. The first-order valence-corrected chi connectivity index (χ1v) is 8.75. The van der Waals surface area contributed by atoms with Crippen molar-refractivity contribution in [2.45, 2.75) is 46.6 Å². The highest BCUT2D eigenvalue weighted by Gasteiger charge is 2.20. The zero-order valence-corrected chi connectivity index (χ0v) is 15.9. The molecule has 0 aromatic rings. The molecule has 0 fully saturated rings. The molecule has 0 saturated carbocycles. The Morgan fingerprint density at radius 3 is 2.35 bits per heavy atom. The second kappa shape index (κ2) is 17.1. The zero-order valence-electron chi connectivity index (χ0n) is 14.3. The van der Waals surface area contributed by atoms with Crippen molar-refractivity contribution in [1.82, 2.24) is 0 Å². The van der Waals surface area contributed by atoms with Crippen molar-refractivity contribution in [3.05, 3.63) is 23.8 Å². The summed E-state index contributed by atoms with van der Waals surface area (Å²) in [5.74, 6) is -0.138. The third kappa shape index (κ3) is 14.1. The molecule has 1 heterocycles. The highest BCUT2D eigenvalue weighted by atomic mass is 79.9. The van der Waals surface area contributed by atoms with Crippen LogP contribution in [-0.4, -0.2) is 42.7 Å². The minimum atomic E-state index is -0.281. The normalized spacial score (nSPS) is 15.7. The number of carbonyl (C=O) groups excluding carboxylic acids is 3. The van der Waals surface area contributed by atoms with E-state index in [1.807, 2.05) is 19.9 Å². The van der Waals surface area contributed by atoms with Crippen LogP contribution in [0.1, 0.15) is 40.5 Å². The van der Waals surface area contributed by atoms with Gasteiger partial charge in [0.15, 0.2) is 5.78 Å². The molecular weight excluding hydrogens is 364 g/mol. The number of carbonyl (C=O) groups is 3. The predicted molar refractivity (Wildman–Crippen MR) is 94.7 cm³/mol. The number of halogens is 1. The number of hydrogen-bond donors (Lipinski definition) is 0. The van der Waals surface area contributed by atoms with Gasteiger partial charge in [-0.1, -0.05) is 35.9 Å². The molecule has 6 heteroatoms. The summed E-state index contributed by atoms with van der Waals surface area (Å²) in [6.07, 6.45) is 7.44. The molecule has 1 aliphatic rings. The fraction of sp³-hybridized carbons (Fsp3) is 0.588. The predicted octanol–water partition coefficient (Wildman–Crippen LogP) is 3.41. The summed E-state index contributed by atoms with van der Waals surface area (Å²) in [7, 11) is 0. The maximum atomic E-state index is 10.9. The van der Waals surface area contributed by atoms with Crippen molar-refractivity contribution in [3.8, 4) is 0 Å². The minimum Gasteiger partial charge on any atom is -0.463 e. The number of ketones is 1. The zero-order chi connectivity index (χ0) is 18.1. The Kier molecular flexibility index (Phi) is 17.8. The molecule has 0 aromatic carbocycles. The van der Waals surface area contributed by atoms with E-state index in [0.29, 0.717) is 25.0 Å². The molecule has 1 rings (SSSR count). The molecule has 23 heavy (non-hydrogen) atoms. The molecule has 0 aliphatic carbocycles. The summed E-state index contributed by atoms with van der Waals surface area (Å²) in [5, 5.41) is 0.686. The lowest BCUT2D eigenvalue weighted by Gasteiger charge is -2.08. The first kappa shape index (κ1) is 24.0. The Hall–Kier alpha value is -1.27. The van der Waals surface area contributed by atoms with Crippen LogP contribution in [-0.2, 0) is 23.9 Å². The molecule has 0 radical (unpaired) electrons. The highest BCUT2D eigenvalue weighted by Crippen LogP contribution is 2.17. The summed E-state index contributed by atoms with van der Waals surface area (Å²) in [4.78, 5) is 30.5. The average Bonchev–Trinajstić information content (AvgIpc) is 3.03. The number of aldehydes is 1. The lowest BCUT2D eigenvalue weighted by molar-refractivity contribution is -0.137. The Balaban J connectivity index is 0. The van der Waals surface area contributed by atoms with E-state index in [1.165, 1.54) is 6.08 Å². The molecule has 1 aliphatic heterocycles. The van der Waals surface area contributed by atoms with E-state index in [4.69, 9.17) is 4.74 Å². The SMILES string of the molecule is CCC1OCC=C1C(C)=O.CCC=O.CCOC(=O)/C=C/CBr. The standard InChI is InChI=1S/C8H12O2.C6H9BrO2.C3H6O/c1-3-8-7(6(2)9)4-5-10-8;1-2-9-6(8)4-3-5-7;1-2-3-4/h4,8H,3,5H2,1-2H3;3-4H,2,5H2,1H3;3H,2H2,1H3/b;4-3+;. The lowest BCUT2D eigenvalue weighted by Crippen LogP contribution is -2.13. The van der Waals surface area contributed by atoms with E-state index in [1.54, 1.807) is 19.9 Å². The van der Waals surface area contributed by atoms with Gasteiger partial charge in [-0.2, -0.15) is 0 Å². The third-order valence-electron chi connectivity index (χ3n) is 2.52. The van der Waals surface area contributed by atoms with E-state index < -0.39 is 0 Å². The smallest absolute Gasteiger partial charge is 0.330 e. The second-order valence-electron chi connectivity index (χ2n) is 4.33. The van der Waals surface area contributed by atoms with E-state index in [9.17, 15) is 14.4 Å². The molecule has 0 saturated heterocycles. The molecule has 5 nitrogen and oxygen atoms in total. The molecule has 0 spiro atoms. The second-order valence-corrected chi connectivity index (χ2v) is 4.98. The van der Waals surface area contributed by atoms with Gasteiger partial charge < -0.3 is 14.3 Å². The molecule has 0 aromatic heterocycles. The van der Waals surface area contributed by atoms with Gasteiger partial charge in [0.1, 0.15) is 6.29 Å². The molecular formula is C17H27BrO5. The molecule has 0 N–H and O–H groups in total. The van der Waals surface area contributed by atoms with Crippen LogP contribution < -0.4 is 0 Å². The van der Waals surface area contributed by atoms with Gasteiger partial charge in [-0.15, -0.1) is 0 Å². The number of hydrogen-bond acceptors (Lipinski definition) is 5. The number of rotatable bonds is 6. The van der Waals surface area contributed by atoms with E-state index in [-0.39, 0.29) is 17.9 Å². The topological polar surface area (TPSA) is 69.7 Å². The number of esters is 1. The highest BCUT2D eigenvalue weighted by molar-refractivity contribution is 9.09. The molecule has 0 bridgehead atoms. The molecule has 1 atom stereocenters. The van der Waals surface area contributed by atoms with Crippen LogP contribution in [0.5, 0.6) is 0 Å². The maximum absolute atomic E-state index is 10.9. The summed E-state index contributed by atoms with van der Waals surface area (Å²) in [5.41, 5.74) is 0.850.